The fraction of sp³-hybridized carbons (Fsp3) is 0.538. The Bertz CT molecular complexity index is 515. The Hall–Kier alpha value is 0.0900. The minimum atomic E-state index is -3.40. The van der Waals surface area contributed by atoms with E-state index in [0.29, 0.717) is 0 Å². The van der Waals surface area contributed by atoms with Crippen LogP contribution in [0.2, 0.25) is 0 Å². The van der Waals surface area contributed by atoms with Gasteiger partial charge in [0.2, 0.25) is 0 Å². The summed E-state index contributed by atoms with van der Waals surface area (Å²) in [7, 11) is -3.40. The summed E-state index contributed by atoms with van der Waals surface area (Å²) in [5, 5.41) is 0. The van der Waals surface area contributed by atoms with Crippen molar-refractivity contribution in [2.45, 2.75) is 32.1 Å². The van der Waals surface area contributed by atoms with Crippen molar-refractivity contribution in [3.8, 4) is 0 Å². The molecule has 0 radical (unpaired) electrons. The van der Waals surface area contributed by atoms with Gasteiger partial charge in [0.15, 0.2) is 0 Å². The number of benzene rings is 1. The van der Waals surface area contributed by atoms with E-state index >= 15 is 0 Å². The fourth-order valence-electron chi connectivity index (χ4n) is 1.82. The lowest BCUT2D eigenvalue weighted by atomic mass is 9.94. The van der Waals surface area contributed by atoms with E-state index in [1.165, 1.54) is 0 Å². The first-order chi connectivity index (χ1) is 8.83. The lowest BCUT2D eigenvalue weighted by Crippen LogP contribution is -2.13. The maximum Gasteiger partial charge on any atom is 0.264 e. The molecular weight excluding hydrogens is 396 g/mol. The van der Waals surface area contributed by atoms with Crippen LogP contribution in [0.25, 0.3) is 0 Å². The molecule has 108 valence electrons. The summed E-state index contributed by atoms with van der Waals surface area (Å²) < 4.78 is 29.2. The van der Waals surface area contributed by atoms with E-state index in [1.807, 2.05) is 18.2 Å². The van der Waals surface area contributed by atoms with Gasteiger partial charge in [-0.25, -0.2) is 0 Å². The summed E-state index contributed by atoms with van der Waals surface area (Å²) in [4.78, 5) is 0. The van der Waals surface area contributed by atoms with Crippen LogP contribution in [-0.4, -0.2) is 21.3 Å². The highest BCUT2D eigenvalue weighted by molar-refractivity contribution is 9.11. The summed E-state index contributed by atoms with van der Waals surface area (Å²) in [6.45, 7) is 2.31. The van der Waals surface area contributed by atoms with Gasteiger partial charge in [-0.05, 0) is 24.1 Å². The molecule has 0 saturated heterocycles. The highest BCUT2D eigenvalue weighted by Crippen LogP contribution is 2.31. The van der Waals surface area contributed by atoms with E-state index in [4.69, 9.17) is 4.18 Å². The number of hydrogen-bond donors (Lipinski definition) is 0. The first kappa shape index (κ1) is 17.1. The molecule has 1 unspecified atom stereocenters. The molecule has 1 atom stereocenters. The van der Waals surface area contributed by atoms with E-state index in [0.717, 1.165) is 40.0 Å². The summed E-state index contributed by atoms with van der Waals surface area (Å²) >= 11 is 6.94. The standard InChI is InChI=1S/C13H18Br2O3S/c1-3-4-5-10(9-18-19(2,16)17)12-7-6-11(14)8-13(12)15/h6-8,10H,3-5,9H2,1-2H3. The summed E-state index contributed by atoms with van der Waals surface area (Å²) in [5.74, 6) is 0.0807. The van der Waals surface area contributed by atoms with Crippen LogP contribution in [0.15, 0.2) is 27.1 Å². The molecule has 19 heavy (non-hydrogen) atoms. The molecule has 0 fully saturated rings. The van der Waals surface area contributed by atoms with Crippen molar-refractivity contribution in [3.63, 3.8) is 0 Å². The maximum atomic E-state index is 11.1. The Morgan fingerprint density at radius 2 is 2.00 bits per heavy atom. The van der Waals surface area contributed by atoms with Crippen LogP contribution >= 0.6 is 31.9 Å². The molecule has 0 aliphatic carbocycles. The Kier molecular flexibility index (Phi) is 7.00. The second-order valence-corrected chi connectivity index (χ2v) is 7.91. The number of rotatable bonds is 7. The Morgan fingerprint density at radius 1 is 1.32 bits per heavy atom. The van der Waals surface area contributed by atoms with Crippen molar-refractivity contribution in [2.75, 3.05) is 12.9 Å². The van der Waals surface area contributed by atoms with Gasteiger partial charge in [0.05, 0.1) is 12.9 Å². The Labute approximate surface area is 132 Å². The molecule has 0 aliphatic heterocycles. The van der Waals surface area contributed by atoms with Gasteiger partial charge in [-0.3, -0.25) is 4.18 Å². The summed E-state index contributed by atoms with van der Waals surface area (Å²) in [6, 6.07) is 5.92. The van der Waals surface area contributed by atoms with Gasteiger partial charge in [-0.15, -0.1) is 0 Å². The predicted octanol–water partition coefficient (Wildman–Crippen LogP) is 4.46. The summed E-state index contributed by atoms with van der Waals surface area (Å²) in [5.41, 5.74) is 1.08. The molecule has 0 aromatic heterocycles. The van der Waals surface area contributed by atoms with Crippen molar-refractivity contribution in [1.29, 1.82) is 0 Å². The molecular formula is C13H18Br2O3S. The zero-order valence-corrected chi connectivity index (χ0v) is 15.0. The molecule has 6 heteroatoms. The maximum absolute atomic E-state index is 11.1. The van der Waals surface area contributed by atoms with E-state index in [1.54, 1.807) is 0 Å². The predicted molar refractivity (Wildman–Crippen MR) is 84.9 cm³/mol. The van der Waals surface area contributed by atoms with Gasteiger partial charge in [-0.1, -0.05) is 57.7 Å². The lowest BCUT2D eigenvalue weighted by molar-refractivity contribution is 0.285. The Balaban J connectivity index is 2.88. The van der Waals surface area contributed by atoms with Crippen LogP contribution in [0.1, 0.15) is 37.7 Å². The van der Waals surface area contributed by atoms with E-state index in [-0.39, 0.29) is 12.5 Å². The largest absolute Gasteiger partial charge is 0.270 e. The zero-order valence-electron chi connectivity index (χ0n) is 11.0. The third kappa shape index (κ3) is 6.38. The minimum absolute atomic E-state index is 0.0807. The molecule has 0 amide bonds. The average molecular weight is 414 g/mol. The van der Waals surface area contributed by atoms with Crippen LogP contribution in [-0.2, 0) is 14.3 Å². The number of hydrogen-bond acceptors (Lipinski definition) is 3. The van der Waals surface area contributed by atoms with Crippen LogP contribution < -0.4 is 0 Å². The molecule has 0 heterocycles. The highest BCUT2D eigenvalue weighted by Gasteiger charge is 2.17. The third-order valence-electron chi connectivity index (χ3n) is 2.79. The average Bonchev–Trinajstić information content (AvgIpc) is 2.29. The van der Waals surface area contributed by atoms with Crippen molar-refractivity contribution in [1.82, 2.24) is 0 Å². The molecule has 0 N–H and O–H groups in total. The monoisotopic (exact) mass is 412 g/mol. The van der Waals surface area contributed by atoms with Gasteiger partial charge in [0.1, 0.15) is 0 Å². The first-order valence-corrected chi connectivity index (χ1v) is 9.53. The SMILES string of the molecule is CCCCC(COS(C)(=O)=O)c1ccc(Br)cc1Br. The van der Waals surface area contributed by atoms with Gasteiger partial charge < -0.3 is 0 Å². The normalized spacial score (nSPS) is 13.5. The molecule has 1 aromatic rings. The second kappa shape index (κ2) is 7.76. The Morgan fingerprint density at radius 3 is 2.53 bits per heavy atom. The molecule has 3 nitrogen and oxygen atoms in total. The first-order valence-electron chi connectivity index (χ1n) is 6.13. The molecule has 0 aliphatic rings. The molecule has 1 aromatic carbocycles. The van der Waals surface area contributed by atoms with E-state index < -0.39 is 10.1 Å². The minimum Gasteiger partial charge on any atom is -0.270 e. The fourth-order valence-corrected chi connectivity index (χ4v) is 3.60. The van der Waals surface area contributed by atoms with Gasteiger partial charge in [0, 0.05) is 14.9 Å². The molecule has 0 saturated carbocycles. The summed E-state index contributed by atoms with van der Waals surface area (Å²) in [6.07, 6.45) is 4.11. The van der Waals surface area contributed by atoms with Crippen molar-refractivity contribution in [3.05, 3.63) is 32.7 Å². The number of halogens is 2. The van der Waals surface area contributed by atoms with Gasteiger partial charge in [0.25, 0.3) is 10.1 Å². The zero-order chi connectivity index (χ0) is 14.5. The molecule has 1 rings (SSSR count). The quantitative estimate of drug-likeness (QED) is 0.619. The highest BCUT2D eigenvalue weighted by atomic mass is 79.9. The van der Waals surface area contributed by atoms with Crippen LogP contribution in [0.5, 0.6) is 0 Å². The molecule has 0 spiro atoms. The van der Waals surface area contributed by atoms with Crippen LogP contribution in [0.3, 0.4) is 0 Å². The van der Waals surface area contributed by atoms with Crippen molar-refractivity contribution in [2.24, 2.45) is 0 Å². The third-order valence-corrected chi connectivity index (χ3v) is 4.54. The lowest BCUT2D eigenvalue weighted by Gasteiger charge is -2.18. The topological polar surface area (TPSA) is 43.4 Å². The van der Waals surface area contributed by atoms with Crippen LogP contribution in [0, 0.1) is 0 Å². The van der Waals surface area contributed by atoms with Crippen molar-refractivity contribution >= 4 is 42.0 Å². The van der Waals surface area contributed by atoms with Crippen molar-refractivity contribution < 1.29 is 12.6 Å². The van der Waals surface area contributed by atoms with Gasteiger partial charge >= 0.3 is 0 Å². The second-order valence-electron chi connectivity index (χ2n) is 4.49. The smallest absolute Gasteiger partial charge is 0.264 e. The van der Waals surface area contributed by atoms with E-state index in [9.17, 15) is 8.42 Å². The molecule has 0 bridgehead atoms. The number of unbranched alkanes of at least 4 members (excludes halogenated alkanes) is 1. The van der Waals surface area contributed by atoms with E-state index in [2.05, 4.69) is 38.8 Å². The van der Waals surface area contributed by atoms with Gasteiger partial charge in [-0.2, -0.15) is 8.42 Å². The van der Waals surface area contributed by atoms with Crippen LogP contribution in [0.4, 0.5) is 0 Å².